The van der Waals surface area contributed by atoms with E-state index >= 15 is 0 Å². The minimum absolute atomic E-state index is 0.0332. The highest BCUT2D eigenvalue weighted by molar-refractivity contribution is 7.98. The van der Waals surface area contributed by atoms with E-state index in [1.807, 2.05) is 6.92 Å². The Hall–Kier alpha value is -2.15. The molecule has 2 rings (SSSR count). The summed E-state index contributed by atoms with van der Waals surface area (Å²) >= 11 is 1.02. The normalized spacial score (nSPS) is 11.5. The maximum Gasteiger partial charge on any atom is 0.417 e. The van der Waals surface area contributed by atoms with E-state index in [0.717, 1.165) is 24.2 Å². The molecule has 0 bridgehead atoms. The first-order valence-electron chi connectivity index (χ1n) is 6.73. The van der Waals surface area contributed by atoms with E-state index in [-0.39, 0.29) is 16.5 Å². The molecule has 0 radical (unpaired) electrons. The Balaban J connectivity index is 2.31. The molecule has 0 aliphatic heterocycles. The van der Waals surface area contributed by atoms with Gasteiger partial charge in [0.15, 0.2) is 5.82 Å². The summed E-state index contributed by atoms with van der Waals surface area (Å²) in [6.07, 6.45) is -3.77. The number of halogens is 3. The highest BCUT2D eigenvalue weighted by atomic mass is 32.2. The molecule has 0 atom stereocenters. The number of hydrogen-bond acceptors (Lipinski definition) is 6. The molecular weight excluding hydrogens is 329 g/mol. The Morgan fingerprint density at radius 1 is 1.39 bits per heavy atom. The van der Waals surface area contributed by atoms with Crippen molar-refractivity contribution in [2.75, 3.05) is 0 Å². The largest absolute Gasteiger partial charge is 0.417 e. The second-order valence-electron chi connectivity index (χ2n) is 4.71. The third-order valence-electron chi connectivity index (χ3n) is 2.91. The summed E-state index contributed by atoms with van der Waals surface area (Å²) in [5.41, 5.74) is -1.24. The molecule has 0 amide bonds. The van der Waals surface area contributed by atoms with Gasteiger partial charge >= 0.3 is 6.18 Å². The van der Waals surface area contributed by atoms with Crippen molar-refractivity contribution in [2.45, 2.75) is 43.8 Å². The van der Waals surface area contributed by atoms with Gasteiger partial charge in [0.05, 0.1) is 16.9 Å². The molecule has 0 saturated carbocycles. The third-order valence-corrected chi connectivity index (χ3v) is 3.88. The van der Waals surface area contributed by atoms with Crippen LogP contribution in [0.2, 0.25) is 0 Å². The standard InChI is InChI=1S/C13H13F3N6S/c1-3-4-22-11(19-20-21-22)7-23-12-9(6-17)10(13(14,15)16)5-8(2)18-12/h5H,3-4,7H2,1-2H3. The average Bonchev–Trinajstić information content (AvgIpc) is 2.91. The molecule has 0 unspecified atom stereocenters. The molecule has 10 heteroatoms. The van der Waals surface area contributed by atoms with Gasteiger partial charge in [0.25, 0.3) is 0 Å². The number of nitriles is 1. The van der Waals surface area contributed by atoms with E-state index < -0.39 is 17.3 Å². The Morgan fingerprint density at radius 2 is 2.13 bits per heavy atom. The summed E-state index contributed by atoms with van der Waals surface area (Å²) in [6, 6.07) is 2.48. The molecular formula is C13H13F3N6S. The van der Waals surface area contributed by atoms with E-state index in [9.17, 15) is 13.2 Å². The molecule has 0 saturated heterocycles. The van der Waals surface area contributed by atoms with Crippen LogP contribution in [0.4, 0.5) is 13.2 Å². The SMILES string of the molecule is CCCn1nnnc1CSc1nc(C)cc(C(F)(F)F)c1C#N. The van der Waals surface area contributed by atoms with Crippen LogP contribution in [0.3, 0.4) is 0 Å². The van der Waals surface area contributed by atoms with Gasteiger partial charge in [-0.05, 0) is 29.8 Å². The van der Waals surface area contributed by atoms with Crippen molar-refractivity contribution in [1.82, 2.24) is 25.2 Å². The summed E-state index contributed by atoms with van der Waals surface area (Å²) in [6.45, 7) is 4.04. The molecule has 6 nitrogen and oxygen atoms in total. The Morgan fingerprint density at radius 3 is 2.74 bits per heavy atom. The van der Waals surface area contributed by atoms with Crippen molar-refractivity contribution in [1.29, 1.82) is 5.26 Å². The number of nitrogens with zero attached hydrogens (tertiary/aromatic N) is 6. The van der Waals surface area contributed by atoms with Gasteiger partial charge in [0.2, 0.25) is 0 Å². The minimum Gasteiger partial charge on any atom is -0.245 e. The van der Waals surface area contributed by atoms with E-state index in [0.29, 0.717) is 12.4 Å². The zero-order valence-electron chi connectivity index (χ0n) is 12.4. The van der Waals surface area contributed by atoms with Crippen LogP contribution < -0.4 is 0 Å². The van der Waals surface area contributed by atoms with Crippen molar-refractivity contribution in [3.05, 3.63) is 28.7 Å². The van der Waals surface area contributed by atoms with Gasteiger partial charge in [-0.15, -0.1) is 5.10 Å². The van der Waals surface area contributed by atoms with E-state index in [2.05, 4.69) is 20.5 Å². The molecule has 0 spiro atoms. The number of rotatable bonds is 5. The topological polar surface area (TPSA) is 80.3 Å². The summed E-state index contributed by atoms with van der Waals surface area (Å²) in [7, 11) is 0. The smallest absolute Gasteiger partial charge is 0.245 e. The Kier molecular flexibility index (Phi) is 5.20. The molecule has 0 N–H and O–H groups in total. The minimum atomic E-state index is -4.60. The van der Waals surface area contributed by atoms with Crippen molar-refractivity contribution in [3.8, 4) is 6.07 Å². The number of tetrazole rings is 1. The van der Waals surface area contributed by atoms with Crippen LogP contribution in [0.25, 0.3) is 0 Å². The maximum atomic E-state index is 13.0. The summed E-state index contributed by atoms with van der Waals surface area (Å²) in [4.78, 5) is 4.06. The summed E-state index contributed by atoms with van der Waals surface area (Å²) in [5, 5.41) is 20.3. The third kappa shape index (κ3) is 3.98. The van der Waals surface area contributed by atoms with Crippen LogP contribution in [-0.4, -0.2) is 25.2 Å². The lowest BCUT2D eigenvalue weighted by Crippen LogP contribution is -2.11. The van der Waals surface area contributed by atoms with Crippen LogP contribution in [0.15, 0.2) is 11.1 Å². The zero-order valence-corrected chi connectivity index (χ0v) is 13.2. The molecule has 0 aromatic carbocycles. The molecule has 122 valence electrons. The van der Waals surface area contributed by atoms with Crippen LogP contribution in [0.1, 0.15) is 36.0 Å². The zero-order chi connectivity index (χ0) is 17.0. The van der Waals surface area contributed by atoms with Crippen molar-refractivity contribution in [3.63, 3.8) is 0 Å². The number of alkyl halides is 3. The van der Waals surface area contributed by atoms with Crippen molar-refractivity contribution < 1.29 is 13.2 Å². The fourth-order valence-corrected chi connectivity index (χ4v) is 2.91. The Labute approximate surface area is 134 Å². The first-order chi connectivity index (χ1) is 10.9. The average molecular weight is 342 g/mol. The summed E-state index contributed by atoms with van der Waals surface area (Å²) in [5.74, 6) is 0.757. The maximum absolute atomic E-state index is 13.0. The molecule has 0 aliphatic rings. The Bertz CT molecular complexity index is 734. The highest BCUT2D eigenvalue weighted by Crippen LogP contribution is 2.36. The van der Waals surface area contributed by atoms with Gasteiger partial charge < -0.3 is 0 Å². The van der Waals surface area contributed by atoms with Crippen molar-refractivity contribution >= 4 is 11.8 Å². The number of pyridine rings is 1. The van der Waals surface area contributed by atoms with Gasteiger partial charge in [-0.2, -0.15) is 18.4 Å². The molecule has 0 fully saturated rings. The second-order valence-corrected chi connectivity index (χ2v) is 5.67. The monoisotopic (exact) mass is 342 g/mol. The lowest BCUT2D eigenvalue weighted by Gasteiger charge is -2.12. The van der Waals surface area contributed by atoms with Gasteiger partial charge in [-0.1, -0.05) is 18.7 Å². The molecule has 2 heterocycles. The lowest BCUT2D eigenvalue weighted by molar-refractivity contribution is -0.138. The molecule has 2 aromatic rings. The van der Waals surface area contributed by atoms with Gasteiger partial charge in [-0.3, -0.25) is 0 Å². The number of thioether (sulfide) groups is 1. The number of aryl methyl sites for hydroxylation is 2. The number of aromatic nitrogens is 5. The quantitative estimate of drug-likeness (QED) is 0.777. The van der Waals surface area contributed by atoms with Crippen molar-refractivity contribution in [2.24, 2.45) is 0 Å². The van der Waals surface area contributed by atoms with Crippen LogP contribution in [0, 0.1) is 18.3 Å². The van der Waals surface area contributed by atoms with Crippen LogP contribution >= 0.6 is 11.8 Å². The van der Waals surface area contributed by atoms with Crippen LogP contribution in [-0.2, 0) is 18.5 Å². The fourth-order valence-electron chi connectivity index (χ4n) is 1.93. The van der Waals surface area contributed by atoms with Gasteiger partial charge in [0, 0.05) is 12.2 Å². The highest BCUT2D eigenvalue weighted by Gasteiger charge is 2.35. The molecule has 0 aliphatic carbocycles. The predicted molar refractivity (Wildman–Crippen MR) is 76.4 cm³/mol. The van der Waals surface area contributed by atoms with Gasteiger partial charge in [0.1, 0.15) is 11.1 Å². The number of hydrogen-bond donors (Lipinski definition) is 0. The van der Waals surface area contributed by atoms with E-state index in [1.165, 1.54) is 6.92 Å². The lowest BCUT2D eigenvalue weighted by atomic mass is 10.1. The van der Waals surface area contributed by atoms with Crippen LogP contribution in [0.5, 0.6) is 0 Å². The molecule has 2 aromatic heterocycles. The summed E-state index contributed by atoms with van der Waals surface area (Å²) < 4.78 is 40.7. The van der Waals surface area contributed by atoms with E-state index in [1.54, 1.807) is 10.8 Å². The predicted octanol–water partition coefficient (Wildman–Crippen LogP) is 2.97. The van der Waals surface area contributed by atoms with E-state index in [4.69, 9.17) is 5.26 Å². The first-order valence-corrected chi connectivity index (χ1v) is 7.72. The first kappa shape index (κ1) is 17.2. The van der Waals surface area contributed by atoms with Gasteiger partial charge in [-0.25, -0.2) is 9.67 Å². The second kappa shape index (κ2) is 6.95. The molecule has 23 heavy (non-hydrogen) atoms. The fraction of sp³-hybridized carbons (Fsp3) is 0.462.